The Morgan fingerprint density at radius 2 is 0.929 bits per heavy atom. The standard InChI is InChI=1S/C67H45N3/c1-5-20-45(21-6-1)46-37-41-62(68-48-22-7-2-8-23-48)57(42-46)47-36-40-61-58(43-47)53-29-14-17-33-60(53)67(61)59-32-16-13-28-52(59)56-31-19-35-64(66(56)67)69(49-24-9-3-10-25-49)51-38-39-55-54-30-15-18-34-63(54)70(65(55)44-51)50-26-11-4-12-27-50/h1-44,68H. The van der Waals surface area contributed by atoms with Crippen LogP contribution in [0, 0.1) is 0 Å². The molecule has 70 heavy (non-hydrogen) atoms. The molecule has 2 aliphatic carbocycles. The predicted molar refractivity (Wildman–Crippen MR) is 292 cm³/mol. The van der Waals surface area contributed by atoms with E-state index in [1.807, 2.05) is 0 Å². The third kappa shape index (κ3) is 6.01. The first-order valence-electron chi connectivity index (χ1n) is 24.2. The highest BCUT2D eigenvalue weighted by atomic mass is 15.1. The molecule has 2 aliphatic rings. The van der Waals surface area contributed by atoms with Crippen LogP contribution >= 0.6 is 0 Å². The van der Waals surface area contributed by atoms with Crippen molar-refractivity contribution in [3.05, 3.63) is 289 Å². The monoisotopic (exact) mass is 891 g/mol. The Morgan fingerprint density at radius 1 is 0.343 bits per heavy atom. The summed E-state index contributed by atoms with van der Waals surface area (Å²) < 4.78 is 2.42. The number of hydrogen-bond acceptors (Lipinski definition) is 2. The fourth-order valence-electron chi connectivity index (χ4n) is 11.9. The minimum Gasteiger partial charge on any atom is -0.355 e. The quantitative estimate of drug-likeness (QED) is 0.164. The number of aromatic nitrogens is 1. The zero-order chi connectivity index (χ0) is 46.2. The minimum atomic E-state index is -0.611. The van der Waals surface area contributed by atoms with E-state index in [0.29, 0.717) is 0 Å². The molecule has 1 atom stereocenters. The van der Waals surface area contributed by atoms with Crippen LogP contribution in [0.25, 0.3) is 72.0 Å². The average molecular weight is 892 g/mol. The number of nitrogens with one attached hydrogen (secondary N) is 1. The van der Waals surface area contributed by atoms with Gasteiger partial charge in [0.05, 0.1) is 22.1 Å². The summed E-state index contributed by atoms with van der Waals surface area (Å²) in [5.74, 6) is 0. The van der Waals surface area contributed by atoms with Gasteiger partial charge in [0.2, 0.25) is 0 Å². The van der Waals surface area contributed by atoms with Gasteiger partial charge in [-0.2, -0.15) is 0 Å². The maximum atomic E-state index is 3.79. The molecule has 0 bridgehead atoms. The van der Waals surface area contributed by atoms with Gasteiger partial charge in [0, 0.05) is 50.3 Å². The van der Waals surface area contributed by atoms with Crippen molar-refractivity contribution in [2.75, 3.05) is 10.2 Å². The third-order valence-corrected chi connectivity index (χ3v) is 14.8. The molecule has 0 aliphatic heterocycles. The SMILES string of the molecule is c1ccc(Nc2ccc(-c3ccccc3)cc2-c2ccc3c(c2)-c2ccccc2C32c3ccccc3-c3cccc(N(c4ccccc4)c4ccc5c6ccccc6n(-c6ccccc6)c5c4)c32)cc1. The van der Waals surface area contributed by atoms with E-state index in [4.69, 9.17) is 0 Å². The summed E-state index contributed by atoms with van der Waals surface area (Å²) >= 11 is 0. The lowest BCUT2D eigenvalue weighted by Gasteiger charge is -2.36. The van der Waals surface area contributed by atoms with Crippen LogP contribution in [0.4, 0.5) is 28.4 Å². The number of fused-ring (bicyclic) bond motifs is 13. The Kier molecular flexibility index (Phi) is 9.11. The van der Waals surface area contributed by atoms with Crippen LogP contribution < -0.4 is 10.2 Å². The highest BCUT2D eigenvalue weighted by Crippen LogP contribution is 2.65. The number of hydrogen-bond donors (Lipinski definition) is 1. The summed E-state index contributed by atoms with van der Waals surface area (Å²) in [5, 5.41) is 6.25. The van der Waals surface area contributed by atoms with Gasteiger partial charge < -0.3 is 14.8 Å². The highest BCUT2D eigenvalue weighted by molar-refractivity contribution is 6.11. The molecule has 328 valence electrons. The van der Waals surface area contributed by atoms with Crippen molar-refractivity contribution in [1.82, 2.24) is 4.57 Å². The summed E-state index contributed by atoms with van der Waals surface area (Å²) in [7, 11) is 0. The molecule has 0 radical (unpaired) electrons. The van der Waals surface area contributed by atoms with Crippen molar-refractivity contribution in [2.24, 2.45) is 0 Å². The Balaban J connectivity index is 1.02. The van der Waals surface area contributed by atoms with Crippen molar-refractivity contribution in [3.63, 3.8) is 0 Å². The minimum absolute atomic E-state index is 0.611. The average Bonchev–Trinajstić information content (AvgIpc) is 4.04. The van der Waals surface area contributed by atoms with E-state index in [2.05, 4.69) is 282 Å². The molecule has 1 aromatic heterocycles. The van der Waals surface area contributed by atoms with Gasteiger partial charge in [-0.3, -0.25) is 0 Å². The van der Waals surface area contributed by atoms with Gasteiger partial charge in [-0.15, -0.1) is 0 Å². The third-order valence-electron chi connectivity index (χ3n) is 14.8. The molecule has 0 fully saturated rings. The van der Waals surface area contributed by atoms with E-state index in [1.54, 1.807) is 0 Å². The Hall–Kier alpha value is -9.18. The van der Waals surface area contributed by atoms with Crippen LogP contribution in [0.2, 0.25) is 0 Å². The molecule has 11 aromatic carbocycles. The van der Waals surface area contributed by atoms with E-state index in [-0.39, 0.29) is 0 Å². The molecule has 3 heteroatoms. The van der Waals surface area contributed by atoms with Crippen LogP contribution in [0.1, 0.15) is 22.3 Å². The number of anilines is 5. The highest BCUT2D eigenvalue weighted by Gasteiger charge is 2.53. The molecule has 14 rings (SSSR count). The van der Waals surface area contributed by atoms with Gasteiger partial charge in [-0.1, -0.05) is 188 Å². The summed E-state index contributed by atoms with van der Waals surface area (Å²) in [6.07, 6.45) is 0. The fourth-order valence-corrected chi connectivity index (χ4v) is 11.9. The van der Waals surface area contributed by atoms with Crippen LogP contribution in [0.15, 0.2) is 267 Å². The Labute approximate surface area is 407 Å². The van der Waals surface area contributed by atoms with Gasteiger partial charge in [-0.25, -0.2) is 0 Å². The van der Waals surface area contributed by atoms with Gasteiger partial charge in [0.15, 0.2) is 0 Å². The molecular weight excluding hydrogens is 847 g/mol. The molecule has 0 saturated heterocycles. The Morgan fingerprint density at radius 3 is 1.70 bits per heavy atom. The topological polar surface area (TPSA) is 20.2 Å². The maximum Gasteiger partial charge on any atom is 0.0746 e. The zero-order valence-corrected chi connectivity index (χ0v) is 38.3. The maximum absolute atomic E-state index is 3.79. The summed E-state index contributed by atoms with van der Waals surface area (Å²) in [6, 6.07) is 98.0. The number of benzene rings is 11. The molecule has 0 amide bonds. The Bertz CT molecular complexity index is 3970. The molecule has 12 aromatic rings. The second kappa shape index (κ2) is 16.0. The first-order valence-corrected chi connectivity index (χ1v) is 24.2. The smallest absolute Gasteiger partial charge is 0.0746 e. The lowest BCUT2D eigenvalue weighted by Crippen LogP contribution is -2.28. The lowest BCUT2D eigenvalue weighted by molar-refractivity contribution is 0.793. The predicted octanol–water partition coefficient (Wildman–Crippen LogP) is 17.7. The van der Waals surface area contributed by atoms with Crippen LogP contribution in [0.5, 0.6) is 0 Å². The second-order valence-corrected chi connectivity index (χ2v) is 18.5. The van der Waals surface area contributed by atoms with Crippen LogP contribution in [-0.4, -0.2) is 4.57 Å². The van der Waals surface area contributed by atoms with Gasteiger partial charge >= 0.3 is 0 Å². The van der Waals surface area contributed by atoms with Crippen LogP contribution in [-0.2, 0) is 5.41 Å². The molecule has 1 N–H and O–H groups in total. The normalized spacial score (nSPS) is 14.1. The first kappa shape index (κ1) is 39.9. The van der Waals surface area contributed by atoms with Gasteiger partial charge in [0.25, 0.3) is 0 Å². The summed E-state index contributed by atoms with van der Waals surface area (Å²) in [5.41, 5.74) is 23.2. The van der Waals surface area contributed by atoms with Crippen molar-refractivity contribution >= 4 is 50.2 Å². The van der Waals surface area contributed by atoms with E-state index in [1.165, 1.54) is 71.9 Å². The second-order valence-electron chi connectivity index (χ2n) is 18.5. The number of rotatable bonds is 8. The van der Waals surface area contributed by atoms with Crippen molar-refractivity contribution in [2.45, 2.75) is 5.41 Å². The largest absolute Gasteiger partial charge is 0.355 e. The molecule has 1 unspecified atom stereocenters. The van der Waals surface area contributed by atoms with Crippen molar-refractivity contribution in [3.8, 4) is 50.2 Å². The van der Waals surface area contributed by atoms with Gasteiger partial charge in [0.1, 0.15) is 0 Å². The molecule has 1 heterocycles. The molecule has 0 saturated carbocycles. The molecule has 3 nitrogen and oxygen atoms in total. The van der Waals surface area contributed by atoms with E-state index < -0.39 is 5.41 Å². The summed E-state index contributed by atoms with van der Waals surface area (Å²) in [6.45, 7) is 0. The van der Waals surface area contributed by atoms with Crippen LogP contribution in [0.3, 0.4) is 0 Å². The van der Waals surface area contributed by atoms with E-state index in [9.17, 15) is 0 Å². The fraction of sp³-hybridized carbons (Fsp3) is 0.0149. The first-order chi connectivity index (χ1) is 34.7. The summed E-state index contributed by atoms with van der Waals surface area (Å²) in [4.78, 5) is 2.50. The van der Waals surface area contributed by atoms with Crippen molar-refractivity contribution < 1.29 is 0 Å². The lowest BCUT2D eigenvalue weighted by atomic mass is 9.69. The van der Waals surface area contributed by atoms with Crippen molar-refractivity contribution in [1.29, 1.82) is 0 Å². The zero-order valence-electron chi connectivity index (χ0n) is 38.3. The molecule has 1 spiro atoms. The van der Waals surface area contributed by atoms with Gasteiger partial charge in [-0.05, 0) is 134 Å². The number of para-hydroxylation sites is 4. The van der Waals surface area contributed by atoms with E-state index in [0.717, 1.165) is 50.8 Å². The molecular formula is C67H45N3. The number of nitrogens with zero attached hydrogens (tertiary/aromatic N) is 2. The van der Waals surface area contributed by atoms with E-state index >= 15 is 0 Å².